The first-order valence-corrected chi connectivity index (χ1v) is 5.94. The molecule has 3 N–H and O–H groups in total. The lowest BCUT2D eigenvalue weighted by Crippen LogP contribution is -2.49. The Balaban J connectivity index is 4.68. The fourth-order valence-corrected chi connectivity index (χ4v) is 2.35. The third-order valence-corrected chi connectivity index (χ3v) is 3.60. The third kappa shape index (κ3) is 4.12. The molecule has 0 aliphatic rings. The molecule has 90 valence electrons. The molecule has 8 heteroatoms. The number of hydrogen-bond acceptors (Lipinski definition) is 4. The van der Waals surface area contributed by atoms with E-state index in [0.717, 1.165) is 4.31 Å². The molecule has 0 aliphatic heterocycles. The first kappa shape index (κ1) is 14.3. The van der Waals surface area contributed by atoms with E-state index in [-0.39, 0.29) is 13.1 Å². The lowest BCUT2D eigenvalue weighted by Gasteiger charge is -2.21. The van der Waals surface area contributed by atoms with Crippen molar-refractivity contribution in [2.75, 3.05) is 19.7 Å². The summed E-state index contributed by atoms with van der Waals surface area (Å²) >= 11 is 0. The van der Waals surface area contributed by atoms with E-state index >= 15 is 0 Å². The Kier molecular flexibility index (Phi) is 5.73. The molecule has 0 saturated carbocycles. The number of carbonyl (C=O) groups is 1. The minimum absolute atomic E-state index is 0.240. The van der Waals surface area contributed by atoms with Crippen LogP contribution in [0.3, 0.4) is 0 Å². The Hall–Kier alpha value is -0.700. The second-order valence-electron chi connectivity index (χ2n) is 2.78. The van der Waals surface area contributed by atoms with Gasteiger partial charge >= 0.3 is 5.97 Å². The highest BCUT2D eigenvalue weighted by Crippen LogP contribution is 1.98. The number of carboxylic acids is 1. The molecule has 0 aromatic rings. The van der Waals surface area contributed by atoms with E-state index in [9.17, 15) is 13.2 Å². The van der Waals surface area contributed by atoms with Crippen molar-refractivity contribution in [1.29, 1.82) is 0 Å². The summed E-state index contributed by atoms with van der Waals surface area (Å²) < 4.78 is 26.0. The van der Waals surface area contributed by atoms with Crippen molar-refractivity contribution in [3.63, 3.8) is 0 Å². The minimum Gasteiger partial charge on any atom is -0.480 e. The van der Waals surface area contributed by atoms with Crippen molar-refractivity contribution in [3.05, 3.63) is 0 Å². The van der Waals surface area contributed by atoms with Crippen LogP contribution >= 0.6 is 0 Å². The van der Waals surface area contributed by atoms with Crippen molar-refractivity contribution < 1.29 is 23.4 Å². The van der Waals surface area contributed by atoms with E-state index in [2.05, 4.69) is 0 Å². The predicted octanol–water partition coefficient (Wildman–Crippen LogP) is -1.39. The summed E-state index contributed by atoms with van der Waals surface area (Å²) in [6.45, 7) is 2.97. The number of nitrogens with one attached hydrogen (secondary N) is 1. The van der Waals surface area contributed by atoms with Crippen LogP contribution in [0.15, 0.2) is 0 Å². The van der Waals surface area contributed by atoms with Crippen molar-refractivity contribution in [2.24, 2.45) is 0 Å². The smallest absolute Gasteiger partial charge is 0.324 e. The van der Waals surface area contributed by atoms with Crippen LogP contribution in [0, 0.1) is 0 Å². The van der Waals surface area contributed by atoms with E-state index in [4.69, 9.17) is 10.2 Å². The minimum atomic E-state index is -3.84. The maximum Gasteiger partial charge on any atom is 0.324 e. The molecule has 0 amide bonds. The normalized spacial score (nSPS) is 14.1. The van der Waals surface area contributed by atoms with Gasteiger partial charge in [-0.1, -0.05) is 13.8 Å². The summed E-state index contributed by atoms with van der Waals surface area (Å²) in [6, 6.07) is -1.50. The topological polar surface area (TPSA) is 107 Å². The molecule has 0 fully saturated rings. The Labute approximate surface area is 88.9 Å². The molecule has 7 nitrogen and oxygen atoms in total. The second-order valence-corrected chi connectivity index (χ2v) is 4.48. The fraction of sp³-hybridized carbons (Fsp3) is 0.857. The van der Waals surface area contributed by atoms with Crippen LogP contribution in [0.25, 0.3) is 0 Å². The number of aliphatic carboxylic acids is 1. The van der Waals surface area contributed by atoms with Gasteiger partial charge in [-0.25, -0.2) is 0 Å². The monoisotopic (exact) mass is 240 g/mol. The van der Waals surface area contributed by atoms with Crippen molar-refractivity contribution >= 4 is 16.2 Å². The van der Waals surface area contributed by atoms with Crippen LogP contribution in [0.4, 0.5) is 0 Å². The molecule has 0 bridgehead atoms. The van der Waals surface area contributed by atoms with Gasteiger partial charge in [0.15, 0.2) is 0 Å². The Bertz CT molecular complexity index is 299. The van der Waals surface area contributed by atoms with E-state index in [1.165, 1.54) is 0 Å². The van der Waals surface area contributed by atoms with Crippen LogP contribution in [-0.4, -0.2) is 54.6 Å². The number of nitrogens with zero attached hydrogens (tertiary/aromatic N) is 1. The molecule has 1 atom stereocenters. The largest absolute Gasteiger partial charge is 0.480 e. The molecule has 0 radical (unpaired) electrons. The zero-order chi connectivity index (χ0) is 12.1. The second kappa shape index (κ2) is 6.01. The van der Waals surface area contributed by atoms with Gasteiger partial charge in [-0.15, -0.1) is 0 Å². The zero-order valence-electron chi connectivity index (χ0n) is 8.67. The molecule has 15 heavy (non-hydrogen) atoms. The highest BCUT2D eigenvalue weighted by Gasteiger charge is 2.26. The first-order valence-electron chi connectivity index (χ1n) is 4.50. The molecule has 0 heterocycles. The van der Waals surface area contributed by atoms with Crippen LogP contribution in [0.1, 0.15) is 13.8 Å². The Morgan fingerprint density at radius 1 is 1.40 bits per heavy atom. The fourth-order valence-electron chi connectivity index (χ4n) is 0.984. The lowest BCUT2D eigenvalue weighted by atomic mass is 10.3. The number of hydrogen-bond donors (Lipinski definition) is 3. The molecule has 0 rings (SSSR count). The summed E-state index contributed by atoms with van der Waals surface area (Å²) in [7, 11) is -3.84. The molecule has 0 aromatic heterocycles. The van der Waals surface area contributed by atoms with E-state index in [0.29, 0.717) is 0 Å². The number of aliphatic hydroxyl groups excluding tert-OH is 1. The van der Waals surface area contributed by atoms with Crippen LogP contribution in [0.5, 0.6) is 0 Å². The molecule has 0 unspecified atom stereocenters. The van der Waals surface area contributed by atoms with Gasteiger partial charge in [0.05, 0.1) is 6.61 Å². The van der Waals surface area contributed by atoms with E-state index < -0.39 is 28.8 Å². The summed E-state index contributed by atoms with van der Waals surface area (Å²) in [5.41, 5.74) is 0. The van der Waals surface area contributed by atoms with Crippen LogP contribution in [0.2, 0.25) is 0 Å². The van der Waals surface area contributed by atoms with Gasteiger partial charge < -0.3 is 10.2 Å². The van der Waals surface area contributed by atoms with Gasteiger partial charge in [0.2, 0.25) is 0 Å². The quantitative estimate of drug-likeness (QED) is 0.508. The average molecular weight is 240 g/mol. The SMILES string of the molecule is CCN(CC)S(=O)(=O)N[C@H](CO)C(=O)O. The van der Waals surface area contributed by atoms with Crippen molar-refractivity contribution in [2.45, 2.75) is 19.9 Å². The highest BCUT2D eigenvalue weighted by molar-refractivity contribution is 7.87. The number of carboxylic acid groups (broad SMARTS) is 1. The molecule has 0 spiro atoms. The summed E-state index contributed by atoms with van der Waals surface area (Å²) in [5, 5.41) is 17.2. The van der Waals surface area contributed by atoms with Gasteiger partial charge in [0, 0.05) is 13.1 Å². The lowest BCUT2D eigenvalue weighted by molar-refractivity contribution is -0.139. The molecule has 0 saturated heterocycles. The van der Waals surface area contributed by atoms with Gasteiger partial charge in [-0.3, -0.25) is 4.79 Å². The van der Waals surface area contributed by atoms with Crippen LogP contribution in [-0.2, 0) is 15.0 Å². The molecular weight excluding hydrogens is 224 g/mol. The van der Waals surface area contributed by atoms with Gasteiger partial charge in [-0.05, 0) is 0 Å². The van der Waals surface area contributed by atoms with E-state index in [1.807, 2.05) is 4.72 Å². The predicted molar refractivity (Wildman–Crippen MR) is 53.5 cm³/mol. The maximum absolute atomic E-state index is 11.5. The van der Waals surface area contributed by atoms with Crippen molar-refractivity contribution in [3.8, 4) is 0 Å². The summed E-state index contributed by atoms with van der Waals surface area (Å²) in [6.07, 6.45) is 0. The molecular formula is C7H16N2O5S. The maximum atomic E-state index is 11.5. The van der Waals surface area contributed by atoms with Crippen molar-refractivity contribution in [1.82, 2.24) is 9.03 Å². The third-order valence-electron chi connectivity index (χ3n) is 1.82. The molecule has 0 aliphatic carbocycles. The Morgan fingerprint density at radius 2 is 1.87 bits per heavy atom. The number of rotatable bonds is 7. The Morgan fingerprint density at radius 3 is 2.13 bits per heavy atom. The average Bonchev–Trinajstić information content (AvgIpc) is 2.15. The van der Waals surface area contributed by atoms with Gasteiger partial charge in [-0.2, -0.15) is 17.4 Å². The number of aliphatic hydroxyl groups is 1. The summed E-state index contributed by atoms with van der Waals surface area (Å²) in [4.78, 5) is 10.5. The highest BCUT2D eigenvalue weighted by atomic mass is 32.2. The van der Waals surface area contributed by atoms with Gasteiger partial charge in [0.1, 0.15) is 6.04 Å². The van der Waals surface area contributed by atoms with E-state index in [1.54, 1.807) is 13.8 Å². The first-order chi connectivity index (χ1) is 6.88. The zero-order valence-corrected chi connectivity index (χ0v) is 9.49. The standard InChI is InChI=1S/C7H16N2O5S/c1-3-9(4-2)15(13,14)8-6(5-10)7(11)12/h6,8,10H,3-5H2,1-2H3,(H,11,12)/t6-/m1/s1. The summed E-state index contributed by atoms with van der Waals surface area (Å²) in [5.74, 6) is -1.41. The van der Waals surface area contributed by atoms with Gasteiger partial charge in [0.25, 0.3) is 10.2 Å². The van der Waals surface area contributed by atoms with Crippen LogP contribution < -0.4 is 4.72 Å². The molecule has 0 aromatic carbocycles.